The van der Waals surface area contributed by atoms with Crippen LogP contribution >= 0.6 is 0 Å². The second-order valence-corrected chi connectivity index (χ2v) is 25.3. The molecule has 0 aromatic heterocycles. The van der Waals surface area contributed by atoms with Crippen molar-refractivity contribution < 1.29 is 0 Å². The zero-order valence-electron chi connectivity index (χ0n) is 47.9. The van der Waals surface area contributed by atoms with Gasteiger partial charge in [0.2, 0.25) is 0 Å². The molecule has 0 saturated heterocycles. The number of nitrogens with zero attached hydrogens (tertiary/aromatic N) is 2. The summed E-state index contributed by atoms with van der Waals surface area (Å²) in [4.78, 5) is 5.20. The Balaban J connectivity index is 0.881. The second-order valence-electron chi connectivity index (χ2n) is 25.3. The number of hydrogen-bond acceptors (Lipinski definition) is 2. The normalized spacial score (nSPS) is 18.6. The molecule has 0 heterocycles. The fourth-order valence-electron chi connectivity index (χ4n) is 15.8. The molecule has 0 unspecified atom stereocenters. The maximum Gasteiger partial charge on any atom is 0.0467 e. The van der Waals surface area contributed by atoms with Crippen LogP contribution in [0.2, 0.25) is 0 Å². The van der Waals surface area contributed by atoms with E-state index in [2.05, 4.69) is 204 Å². The van der Waals surface area contributed by atoms with Gasteiger partial charge in [-0.25, -0.2) is 0 Å². The van der Waals surface area contributed by atoms with Crippen LogP contribution in [0.15, 0.2) is 194 Å². The van der Waals surface area contributed by atoms with Gasteiger partial charge in [-0.1, -0.05) is 218 Å². The molecule has 0 N–H and O–H groups in total. The molecule has 8 aromatic rings. The van der Waals surface area contributed by atoms with E-state index >= 15 is 0 Å². The molecule has 408 valence electrons. The molecular weight excluding hydrogens is 965 g/mol. The first kappa shape index (κ1) is 52.7. The van der Waals surface area contributed by atoms with Crippen molar-refractivity contribution in [3.05, 3.63) is 228 Å². The van der Waals surface area contributed by atoms with E-state index in [0.29, 0.717) is 23.7 Å². The number of benzene rings is 8. The second kappa shape index (κ2) is 24.6. The summed E-state index contributed by atoms with van der Waals surface area (Å²) in [5, 5.41) is 0. The molecule has 0 atom stereocenters. The fourth-order valence-corrected chi connectivity index (χ4v) is 15.8. The van der Waals surface area contributed by atoms with Gasteiger partial charge in [-0.15, -0.1) is 0 Å². The molecule has 80 heavy (non-hydrogen) atoms. The van der Waals surface area contributed by atoms with Crippen molar-refractivity contribution in [1.82, 2.24) is 0 Å². The van der Waals surface area contributed by atoms with Crippen molar-refractivity contribution in [2.45, 2.75) is 190 Å². The van der Waals surface area contributed by atoms with E-state index in [0.717, 1.165) is 0 Å². The van der Waals surface area contributed by atoms with Gasteiger partial charge in [0.25, 0.3) is 0 Å². The molecule has 8 aromatic carbocycles. The lowest BCUT2D eigenvalue weighted by molar-refractivity contribution is 0.346. The van der Waals surface area contributed by atoms with Crippen LogP contribution in [-0.2, 0) is 5.41 Å². The average molecular weight is 1050 g/mol. The minimum absolute atomic E-state index is 0.0519. The third kappa shape index (κ3) is 11.5. The minimum atomic E-state index is -0.0519. The quantitative estimate of drug-likeness (QED) is 0.107. The maximum atomic E-state index is 2.65. The molecule has 13 rings (SSSR count). The van der Waals surface area contributed by atoms with Gasteiger partial charge < -0.3 is 9.80 Å². The summed E-state index contributed by atoms with van der Waals surface area (Å²) >= 11 is 0. The number of hydrogen-bond donors (Lipinski definition) is 0. The molecule has 0 bridgehead atoms. The zero-order chi connectivity index (χ0) is 53.5. The lowest BCUT2D eigenvalue weighted by Crippen LogP contribution is -2.30. The lowest BCUT2D eigenvalue weighted by Gasteiger charge is -2.39. The minimum Gasteiger partial charge on any atom is -0.310 e. The number of rotatable bonds is 14. The Hall–Kier alpha value is -6.64. The molecule has 0 amide bonds. The van der Waals surface area contributed by atoms with E-state index in [1.54, 1.807) is 22.3 Å². The summed E-state index contributed by atoms with van der Waals surface area (Å²) in [5.74, 6) is 2.58. The Morgan fingerprint density at radius 3 is 0.800 bits per heavy atom. The van der Waals surface area contributed by atoms with Crippen LogP contribution in [0.1, 0.15) is 218 Å². The predicted molar refractivity (Wildman–Crippen MR) is 340 cm³/mol. The predicted octanol–water partition coefficient (Wildman–Crippen LogP) is 23.4. The summed E-state index contributed by atoms with van der Waals surface area (Å²) in [6.07, 6.45) is 32.9. The van der Waals surface area contributed by atoms with Crippen molar-refractivity contribution >= 4 is 34.1 Å². The van der Waals surface area contributed by atoms with Crippen molar-refractivity contribution in [1.29, 1.82) is 0 Å². The first-order valence-corrected chi connectivity index (χ1v) is 32.0. The third-order valence-electron chi connectivity index (χ3n) is 20.3. The fraction of sp³-hybridized carbons (Fsp3) is 0.385. The molecule has 5 aliphatic carbocycles. The molecule has 0 radical (unpaired) electrons. The van der Waals surface area contributed by atoms with E-state index in [9.17, 15) is 0 Å². The summed E-state index contributed by atoms with van der Waals surface area (Å²) in [7, 11) is 0. The Morgan fingerprint density at radius 1 is 0.237 bits per heavy atom. The molecule has 5 aliphatic rings. The lowest BCUT2D eigenvalue weighted by atomic mass is 9.65. The summed E-state index contributed by atoms with van der Waals surface area (Å²) < 4.78 is 0. The summed E-state index contributed by atoms with van der Waals surface area (Å²) in [6.45, 7) is 0. The first-order chi connectivity index (χ1) is 39.6. The van der Waals surface area contributed by atoms with Crippen LogP contribution in [0.3, 0.4) is 0 Å². The molecule has 2 nitrogen and oxygen atoms in total. The van der Waals surface area contributed by atoms with Crippen molar-refractivity contribution in [3.8, 4) is 22.3 Å². The smallest absolute Gasteiger partial charge is 0.0467 e. The largest absolute Gasteiger partial charge is 0.310 e. The molecule has 2 heteroatoms. The monoisotopic (exact) mass is 1050 g/mol. The van der Waals surface area contributed by atoms with Crippen molar-refractivity contribution in [2.24, 2.45) is 0 Å². The molecule has 0 spiro atoms. The summed E-state index contributed by atoms with van der Waals surface area (Å²) in [5.41, 5.74) is 21.8. The average Bonchev–Trinajstić information content (AvgIpc) is 3.57. The Morgan fingerprint density at radius 2 is 0.500 bits per heavy atom. The third-order valence-corrected chi connectivity index (χ3v) is 20.3. The van der Waals surface area contributed by atoms with Gasteiger partial charge in [0.15, 0.2) is 0 Å². The first-order valence-electron chi connectivity index (χ1n) is 32.0. The van der Waals surface area contributed by atoms with E-state index in [1.165, 1.54) is 228 Å². The zero-order valence-corrected chi connectivity index (χ0v) is 47.9. The van der Waals surface area contributed by atoms with E-state index < -0.39 is 0 Å². The number of anilines is 6. The van der Waals surface area contributed by atoms with E-state index in [4.69, 9.17) is 0 Å². The van der Waals surface area contributed by atoms with Gasteiger partial charge in [0.05, 0.1) is 0 Å². The van der Waals surface area contributed by atoms with Crippen LogP contribution in [0, 0.1) is 0 Å². The van der Waals surface area contributed by atoms with Crippen LogP contribution in [-0.4, -0.2) is 0 Å². The Kier molecular flexibility index (Phi) is 16.2. The standard InChI is InChI=1S/C78H86N2/c1-8-22-58(23-9-1)64-34-42-72(43-35-64)79(76-54-66(60-26-12-3-13-27-60)52-67(55-76)61-28-14-4-15-29-61)74-46-38-70(39-47-74)78(50-20-7-21-51-78)71-40-48-75(49-41-71)80(73-44-36-65(37-45-73)59-24-10-2-11-25-59)77-56-68(62-30-16-5-17-31-62)53-69(57-77)63-32-18-6-19-33-63/h1-2,8-11,22-25,34-49,52-57,60-63H,3-7,12-21,26-33,50-51H2. The highest BCUT2D eigenvalue weighted by Crippen LogP contribution is 2.50. The molecule has 0 aliphatic heterocycles. The van der Waals surface area contributed by atoms with Gasteiger partial charge in [-0.3, -0.25) is 0 Å². The van der Waals surface area contributed by atoms with Crippen LogP contribution < -0.4 is 9.80 Å². The van der Waals surface area contributed by atoms with Gasteiger partial charge >= 0.3 is 0 Å². The molecule has 5 saturated carbocycles. The highest BCUT2D eigenvalue weighted by atomic mass is 15.1. The van der Waals surface area contributed by atoms with Crippen LogP contribution in [0.5, 0.6) is 0 Å². The maximum absolute atomic E-state index is 2.65. The molecular formula is C78H86N2. The molecule has 5 fully saturated rings. The SMILES string of the molecule is c1ccc(-c2ccc(N(c3ccc(C4(c5ccc(N(c6ccc(-c7ccccc7)cc6)c6cc(C7CCCCC7)cc(C7CCCCC7)c6)cc5)CCCCC4)cc3)c3cc(C4CCCCC4)cc(C4CCCCC4)c3)cc2)cc1. The Bertz CT molecular complexity index is 2950. The van der Waals surface area contributed by atoms with Gasteiger partial charge in [0, 0.05) is 39.5 Å². The van der Waals surface area contributed by atoms with Gasteiger partial charge in [-0.05, 0) is 216 Å². The summed E-state index contributed by atoms with van der Waals surface area (Å²) in [6, 6.07) is 76.3. The van der Waals surface area contributed by atoms with E-state index in [1.807, 2.05) is 0 Å². The van der Waals surface area contributed by atoms with Crippen LogP contribution in [0.4, 0.5) is 34.1 Å². The van der Waals surface area contributed by atoms with Crippen LogP contribution in [0.25, 0.3) is 22.3 Å². The highest BCUT2D eigenvalue weighted by Gasteiger charge is 2.36. The van der Waals surface area contributed by atoms with E-state index in [-0.39, 0.29) is 5.41 Å². The van der Waals surface area contributed by atoms with Gasteiger partial charge in [-0.2, -0.15) is 0 Å². The highest BCUT2D eigenvalue weighted by molar-refractivity contribution is 5.81. The van der Waals surface area contributed by atoms with Gasteiger partial charge in [0.1, 0.15) is 0 Å². The Labute approximate surface area is 480 Å². The van der Waals surface area contributed by atoms with Crippen molar-refractivity contribution in [3.63, 3.8) is 0 Å². The topological polar surface area (TPSA) is 6.48 Å². The van der Waals surface area contributed by atoms with Crippen molar-refractivity contribution in [2.75, 3.05) is 9.80 Å².